The van der Waals surface area contributed by atoms with Gasteiger partial charge in [0, 0.05) is 0 Å². The van der Waals surface area contributed by atoms with Crippen molar-refractivity contribution in [2.45, 2.75) is 56.2 Å². The SMILES string of the molecule is C=C(C)O[C@H]1[C@@H](OCc2ccccc2)[C@H](OCc2ccccc2)[C@@H](COCc2ccccc2)O[C@@H]1[Se]c1ccccc1. The Hall–Kier alpha value is -3.22. The average molecular weight is 630 g/mol. The molecule has 0 aromatic heterocycles. The molecule has 4 aromatic rings. The third kappa shape index (κ3) is 8.89. The molecule has 1 saturated heterocycles. The van der Waals surface area contributed by atoms with Crippen molar-refractivity contribution in [3.63, 3.8) is 0 Å². The Morgan fingerprint density at radius 2 is 1.12 bits per heavy atom. The first-order valence-corrected chi connectivity index (χ1v) is 16.1. The van der Waals surface area contributed by atoms with Crippen LogP contribution in [-0.4, -0.2) is 51.0 Å². The van der Waals surface area contributed by atoms with E-state index in [4.69, 9.17) is 23.7 Å². The van der Waals surface area contributed by atoms with Gasteiger partial charge < -0.3 is 0 Å². The Labute approximate surface area is 255 Å². The summed E-state index contributed by atoms with van der Waals surface area (Å²) in [6, 6.07) is 41.0. The fraction of sp³-hybridized carbons (Fsp3) is 0.278. The van der Waals surface area contributed by atoms with Crippen molar-refractivity contribution in [1.29, 1.82) is 0 Å². The van der Waals surface area contributed by atoms with Crippen molar-refractivity contribution in [1.82, 2.24) is 0 Å². The summed E-state index contributed by atoms with van der Waals surface area (Å²) in [5, 5.41) is -0.237. The van der Waals surface area contributed by atoms with Gasteiger partial charge in [0.05, 0.1) is 0 Å². The quantitative estimate of drug-likeness (QED) is 0.126. The van der Waals surface area contributed by atoms with Gasteiger partial charge in [-0.3, -0.25) is 0 Å². The topological polar surface area (TPSA) is 46.2 Å². The zero-order valence-electron chi connectivity index (χ0n) is 23.9. The maximum atomic E-state index is 6.86. The van der Waals surface area contributed by atoms with Crippen LogP contribution in [0.5, 0.6) is 0 Å². The van der Waals surface area contributed by atoms with Crippen LogP contribution >= 0.6 is 0 Å². The van der Waals surface area contributed by atoms with Crippen molar-refractivity contribution in [2.24, 2.45) is 0 Å². The summed E-state index contributed by atoms with van der Waals surface area (Å²) in [7, 11) is 0. The number of allylic oxidation sites excluding steroid dienone is 1. The molecule has 42 heavy (non-hydrogen) atoms. The molecule has 1 fully saturated rings. The molecule has 0 bridgehead atoms. The first-order chi connectivity index (χ1) is 20.7. The number of ether oxygens (including phenoxy) is 5. The van der Waals surface area contributed by atoms with Gasteiger partial charge in [0.15, 0.2) is 0 Å². The van der Waals surface area contributed by atoms with Crippen molar-refractivity contribution in [3.05, 3.63) is 150 Å². The standard InChI is InChI=1S/C36H38O5Se/c1-27(2)40-35-34(39-25-30-19-11-5-12-20-30)33(38-24-29-17-9-4-10-18-29)32(26-37-23-28-15-7-3-8-16-28)41-36(35)42-31-21-13-6-14-22-31/h3-22,32-36H,1,23-26H2,2H3/t32-,33-,34+,35+,36-/m1/s1. The summed E-state index contributed by atoms with van der Waals surface area (Å²) >= 11 is -0.0577. The summed E-state index contributed by atoms with van der Waals surface area (Å²) in [6.45, 7) is 7.64. The third-order valence-electron chi connectivity index (χ3n) is 6.89. The van der Waals surface area contributed by atoms with E-state index in [9.17, 15) is 0 Å². The van der Waals surface area contributed by atoms with Gasteiger partial charge in [0.1, 0.15) is 0 Å². The van der Waals surface area contributed by atoms with E-state index in [-0.39, 0.29) is 26.1 Å². The van der Waals surface area contributed by atoms with Crippen LogP contribution in [0.3, 0.4) is 0 Å². The number of rotatable bonds is 14. The van der Waals surface area contributed by atoms with Crippen molar-refractivity contribution < 1.29 is 23.7 Å². The summed E-state index contributed by atoms with van der Waals surface area (Å²) in [6.07, 6.45) is -1.62. The van der Waals surface area contributed by atoms with E-state index in [1.807, 2.05) is 67.6 Å². The molecule has 0 N–H and O–H groups in total. The van der Waals surface area contributed by atoms with Crippen LogP contribution < -0.4 is 4.46 Å². The molecule has 0 radical (unpaired) electrons. The molecule has 0 saturated carbocycles. The van der Waals surface area contributed by atoms with E-state index in [2.05, 4.69) is 67.2 Å². The Bertz CT molecular complexity index is 1340. The zero-order valence-corrected chi connectivity index (χ0v) is 25.6. The van der Waals surface area contributed by atoms with Gasteiger partial charge in [0.25, 0.3) is 0 Å². The molecular formula is C36H38O5Se. The Balaban J connectivity index is 1.44. The predicted molar refractivity (Wildman–Crippen MR) is 166 cm³/mol. The number of benzene rings is 4. The molecule has 1 aliphatic rings. The molecule has 218 valence electrons. The molecule has 0 aliphatic carbocycles. The monoisotopic (exact) mass is 630 g/mol. The molecule has 0 spiro atoms. The van der Waals surface area contributed by atoms with Gasteiger partial charge in [-0.05, 0) is 0 Å². The molecular weight excluding hydrogens is 591 g/mol. The molecule has 0 unspecified atom stereocenters. The summed E-state index contributed by atoms with van der Waals surface area (Å²) in [5.74, 6) is 0.617. The Morgan fingerprint density at radius 1 is 0.643 bits per heavy atom. The Kier molecular flexibility index (Phi) is 11.4. The fourth-order valence-corrected chi connectivity index (χ4v) is 7.25. The second-order valence-electron chi connectivity index (χ2n) is 10.3. The van der Waals surface area contributed by atoms with Crippen LogP contribution in [-0.2, 0) is 43.5 Å². The molecule has 6 heteroatoms. The van der Waals surface area contributed by atoms with Gasteiger partial charge in [-0.2, -0.15) is 0 Å². The van der Waals surface area contributed by atoms with Crippen molar-refractivity contribution >= 4 is 19.4 Å². The second-order valence-corrected chi connectivity index (χ2v) is 12.7. The van der Waals surface area contributed by atoms with Crippen LogP contribution in [0, 0.1) is 0 Å². The summed E-state index contributed by atoms with van der Waals surface area (Å²) in [5.41, 5.74) is 3.28. The van der Waals surface area contributed by atoms with E-state index in [0.29, 0.717) is 32.2 Å². The van der Waals surface area contributed by atoms with Crippen LogP contribution in [0.4, 0.5) is 0 Å². The minimum atomic E-state index is -0.433. The normalized spacial score (nSPS) is 22.0. The van der Waals surface area contributed by atoms with Gasteiger partial charge in [-0.25, -0.2) is 0 Å². The summed E-state index contributed by atoms with van der Waals surface area (Å²) in [4.78, 5) is 0. The van der Waals surface area contributed by atoms with Gasteiger partial charge in [-0.1, -0.05) is 0 Å². The third-order valence-corrected chi connectivity index (χ3v) is 9.31. The van der Waals surface area contributed by atoms with Crippen LogP contribution in [0.15, 0.2) is 134 Å². The molecule has 5 nitrogen and oxygen atoms in total. The Morgan fingerprint density at radius 3 is 1.64 bits per heavy atom. The molecule has 4 aromatic carbocycles. The average Bonchev–Trinajstić information content (AvgIpc) is 3.02. The van der Waals surface area contributed by atoms with Crippen molar-refractivity contribution in [2.75, 3.05) is 6.61 Å². The van der Waals surface area contributed by atoms with E-state index in [1.54, 1.807) is 0 Å². The van der Waals surface area contributed by atoms with Crippen LogP contribution in [0.25, 0.3) is 0 Å². The van der Waals surface area contributed by atoms with Crippen LogP contribution in [0.2, 0.25) is 0 Å². The molecule has 1 heterocycles. The van der Waals surface area contributed by atoms with E-state index < -0.39 is 18.3 Å². The first-order valence-electron chi connectivity index (χ1n) is 14.3. The van der Waals surface area contributed by atoms with Gasteiger partial charge in [0.2, 0.25) is 0 Å². The number of hydrogen-bond acceptors (Lipinski definition) is 5. The second kappa shape index (κ2) is 15.9. The molecule has 0 amide bonds. The van der Waals surface area contributed by atoms with E-state index in [0.717, 1.165) is 16.7 Å². The van der Waals surface area contributed by atoms with Gasteiger partial charge in [-0.15, -0.1) is 0 Å². The maximum absolute atomic E-state index is 6.86. The molecule has 1 aliphatic heterocycles. The molecule has 5 atom stereocenters. The fourth-order valence-electron chi connectivity index (χ4n) is 4.89. The summed E-state index contributed by atoms with van der Waals surface area (Å²) < 4.78 is 34.2. The zero-order chi connectivity index (χ0) is 29.0. The number of hydrogen-bond donors (Lipinski definition) is 0. The van der Waals surface area contributed by atoms with Gasteiger partial charge >= 0.3 is 256 Å². The minimum absolute atomic E-state index is 0.0577. The van der Waals surface area contributed by atoms with E-state index in [1.165, 1.54) is 4.46 Å². The van der Waals surface area contributed by atoms with Crippen LogP contribution in [0.1, 0.15) is 23.6 Å². The van der Waals surface area contributed by atoms with E-state index >= 15 is 0 Å². The first kappa shape index (κ1) is 30.2. The predicted octanol–water partition coefficient (Wildman–Crippen LogP) is 6.05. The van der Waals surface area contributed by atoms with Crippen molar-refractivity contribution in [3.8, 4) is 0 Å². The molecule has 5 rings (SSSR count).